The lowest BCUT2D eigenvalue weighted by Crippen LogP contribution is -2.60. The van der Waals surface area contributed by atoms with E-state index in [9.17, 15) is 19.8 Å². The van der Waals surface area contributed by atoms with Crippen LogP contribution in [0.4, 0.5) is 0 Å². The molecule has 5 heteroatoms. The zero-order chi connectivity index (χ0) is 14.1. The first kappa shape index (κ1) is 15.0. The Labute approximate surface area is 108 Å². The van der Waals surface area contributed by atoms with Crippen molar-refractivity contribution < 1.29 is 19.8 Å². The number of carbonyl (C=O) groups excluding carboxylic acids is 2. The van der Waals surface area contributed by atoms with E-state index in [2.05, 4.69) is 5.32 Å². The van der Waals surface area contributed by atoms with Crippen molar-refractivity contribution in [3.63, 3.8) is 0 Å². The molecule has 0 aromatic heterocycles. The second-order valence-electron chi connectivity index (χ2n) is 6.56. The van der Waals surface area contributed by atoms with Crippen molar-refractivity contribution in [2.24, 2.45) is 11.8 Å². The number of nitrogens with one attached hydrogen (secondary N) is 1. The zero-order valence-corrected chi connectivity index (χ0v) is 11.4. The summed E-state index contributed by atoms with van der Waals surface area (Å²) in [5, 5.41) is 25.2. The molecule has 0 amide bonds. The maximum atomic E-state index is 11.1. The van der Waals surface area contributed by atoms with Gasteiger partial charge >= 0.3 is 0 Å². The highest BCUT2D eigenvalue weighted by Gasteiger charge is 2.40. The highest BCUT2D eigenvalue weighted by molar-refractivity contribution is 5.75. The molecule has 1 aliphatic rings. The molecule has 1 fully saturated rings. The van der Waals surface area contributed by atoms with Gasteiger partial charge in [-0.15, -0.1) is 0 Å². The maximum absolute atomic E-state index is 11.1. The van der Waals surface area contributed by atoms with Gasteiger partial charge in [-0.3, -0.25) is 0 Å². The van der Waals surface area contributed by atoms with E-state index in [4.69, 9.17) is 0 Å². The molecule has 0 saturated carbocycles. The second kappa shape index (κ2) is 4.88. The van der Waals surface area contributed by atoms with Gasteiger partial charge in [0.25, 0.3) is 0 Å². The Kier molecular flexibility index (Phi) is 4.05. The largest absolute Gasteiger partial charge is 0.550 e. The molecule has 0 radical (unpaired) electrons. The van der Waals surface area contributed by atoms with Crippen LogP contribution in [-0.2, 0) is 9.59 Å². The van der Waals surface area contributed by atoms with Gasteiger partial charge in [-0.25, -0.2) is 0 Å². The monoisotopic (exact) mass is 255 g/mol. The van der Waals surface area contributed by atoms with Gasteiger partial charge in [-0.05, 0) is 52.9 Å². The molecule has 5 nitrogen and oxygen atoms in total. The third-order valence-electron chi connectivity index (χ3n) is 3.48. The van der Waals surface area contributed by atoms with E-state index in [1.807, 2.05) is 27.7 Å². The molecule has 1 N–H and O–H groups in total. The van der Waals surface area contributed by atoms with E-state index in [0.29, 0.717) is 12.8 Å². The fraction of sp³-hybridized carbons (Fsp3) is 0.846. The van der Waals surface area contributed by atoms with Crippen LogP contribution in [0.1, 0.15) is 47.0 Å². The number of carboxylic acids is 2. The Hall–Kier alpha value is -1.10. The van der Waals surface area contributed by atoms with E-state index < -0.39 is 24.3 Å². The number of rotatable bonds is 4. The Morgan fingerprint density at radius 3 is 1.94 bits per heavy atom. The highest BCUT2D eigenvalue weighted by Crippen LogP contribution is 2.37. The van der Waals surface area contributed by atoms with Crippen LogP contribution in [-0.4, -0.2) is 23.0 Å². The Morgan fingerprint density at radius 1 is 1.17 bits per heavy atom. The number of aliphatic carboxylic acids is 2. The minimum atomic E-state index is -1.33. The summed E-state index contributed by atoms with van der Waals surface area (Å²) < 4.78 is 0. The molecule has 0 aromatic rings. The van der Waals surface area contributed by atoms with Crippen LogP contribution in [0.3, 0.4) is 0 Å². The van der Waals surface area contributed by atoms with Gasteiger partial charge in [-0.1, -0.05) is 0 Å². The quantitative estimate of drug-likeness (QED) is 0.699. The van der Waals surface area contributed by atoms with Crippen molar-refractivity contribution in [3.8, 4) is 0 Å². The normalized spacial score (nSPS) is 24.4. The third kappa shape index (κ3) is 3.98. The van der Waals surface area contributed by atoms with Crippen LogP contribution in [0, 0.1) is 11.8 Å². The molecule has 0 bridgehead atoms. The van der Waals surface area contributed by atoms with Gasteiger partial charge < -0.3 is 25.1 Å². The fourth-order valence-corrected chi connectivity index (χ4v) is 3.31. The molecule has 1 atom stereocenters. The van der Waals surface area contributed by atoms with E-state index in [1.54, 1.807) is 0 Å². The van der Waals surface area contributed by atoms with Crippen molar-refractivity contribution >= 4 is 11.9 Å². The summed E-state index contributed by atoms with van der Waals surface area (Å²) in [6.45, 7) is 7.97. The van der Waals surface area contributed by atoms with Crippen LogP contribution < -0.4 is 15.5 Å². The molecule has 1 unspecified atom stereocenters. The van der Waals surface area contributed by atoms with Gasteiger partial charge in [0.15, 0.2) is 0 Å². The molecule has 1 rings (SSSR count). The number of hydrogen-bond acceptors (Lipinski definition) is 5. The lowest BCUT2D eigenvalue weighted by Gasteiger charge is -2.49. The molecule has 1 heterocycles. The highest BCUT2D eigenvalue weighted by atomic mass is 16.4. The molecule has 1 saturated heterocycles. The predicted molar refractivity (Wildman–Crippen MR) is 62.1 cm³/mol. The first-order valence-electron chi connectivity index (χ1n) is 6.22. The summed E-state index contributed by atoms with van der Waals surface area (Å²) in [6.07, 6.45) is 0.754. The molecule has 0 aromatic carbocycles. The summed E-state index contributed by atoms with van der Waals surface area (Å²) in [7, 11) is 0. The second-order valence-corrected chi connectivity index (χ2v) is 6.56. The Balaban J connectivity index is 2.91. The molecular formula is C13H21NO4-2. The molecule has 0 spiro atoms. The number of carbonyl (C=O) groups is 2. The number of hydrogen-bond donors (Lipinski definition) is 1. The fourth-order valence-electron chi connectivity index (χ4n) is 3.31. The van der Waals surface area contributed by atoms with Gasteiger partial charge in [0, 0.05) is 28.9 Å². The van der Waals surface area contributed by atoms with Crippen molar-refractivity contribution in [2.75, 3.05) is 0 Å². The first-order chi connectivity index (χ1) is 8.02. The molecule has 18 heavy (non-hydrogen) atoms. The zero-order valence-electron chi connectivity index (χ0n) is 11.4. The lowest BCUT2D eigenvalue weighted by molar-refractivity contribution is -0.323. The summed E-state index contributed by atoms with van der Waals surface area (Å²) >= 11 is 0. The van der Waals surface area contributed by atoms with E-state index in [-0.39, 0.29) is 17.0 Å². The Morgan fingerprint density at radius 2 is 1.61 bits per heavy atom. The van der Waals surface area contributed by atoms with Crippen LogP contribution in [0.15, 0.2) is 0 Å². The SMILES string of the molecule is CC1(C)CC(C(CC(=O)[O-])C(=O)[O-])CC(C)(C)N1. The lowest BCUT2D eigenvalue weighted by atomic mass is 9.70. The molecule has 0 aliphatic carbocycles. The molecule has 104 valence electrons. The van der Waals surface area contributed by atoms with Crippen molar-refractivity contribution in [3.05, 3.63) is 0 Å². The predicted octanol–water partition coefficient (Wildman–Crippen LogP) is -0.951. The molecular weight excluding hydrogens is 234 g/mol. The van der Waals surface area contributed by atoms with Gasteiger partial charge in [0.2, 0.25) is 0 Å². The molecule has 1 aliphatic heterocycles. The average Bonchev–Trinajstić information content (AvgIpc) is 2.07. The topological polar surface area (TPSA) is 92.3 Å². The van der Waals surface area contributed by atoms with Crippen LogP contribution in [0.5, 0.6) is 0 Å². The van der Waals surface area contributed by atoms with Crippen LogP contribution in [0.25, 0.3) is 0 Å². The number of carboxylic acid groups (broad SMARTS) is 2. The van der Waals surface area contributed by atoms with Crippen LogP contribution >= 0.6 is 0 Å². The van der Waals surface area contributed by atoms with Gasteiger partial charge in [-0.2, -0.15) is 0 Å². The average molecular weight is 255 g/mol. The van der Waals surface area contributed by atoms with Crippen molar-refractivity contribution in [1.29, 1.82) is 0 Å². The summed E-state index contributed by atoms with van der Waals surface area (Å²) in [5.41, 5.74) is -0.432. The number of piperidine rings is 1. The summed E-state index contributed by atoms with van der Waals surface area (Å²) in [5.74, 6) is -3.81. The van der Waals surface area contributed by atoms with E-state index in [1.165, 1.54) is 0 Å². The van der Waals surface area contributed by atoms with Gasteiger partial charge in [0.1, 0.15) is 0 Å². The van der Waals surface area contributed by atoms with Crippen molar-refractivity contribution in [2.45, 2.75) is 58.0 Å². The third-order valence-corrected chi connectivity index (χ3v) is 3.48. The van der Waals surface area contributed by atoms with Gasteiger partial charge in [0.05, 0.1) is 0 Å². The summed E-state index contributed by atoms with van der Waals surface area (Å²) in [4.78, 5) is 21.8. The van der Waals surface area contributed by atoms with E-state index >= 15 is 0 Å². The standard InChI is InChI=1S/C13H23NO4/c1-12(2)6-8(7-13(3,4)14-12)9(11(17)18)5-10(15)16/h8-9,14H,5-7H2,1-4H3,(H,15,16)(H,17,18)/p-2. The Bertz CT molecular complexity index is 333. The minimum Gasteiger partial charge on any atom is -0.550 e. The minimum absolute atomic E-state index is 0.209. The smallest absolute Gasteiger partial charge is 0.0451 e. The first-order valence-corrected chi connectivity index (χ1v) is 6.22. The van der Waals surface area contributed by atoms with Crippen molar-refractivity contribution in [1.82, 2.24) is 5.32 Å². The van der Waals surface area contributed by atoms with E-state index in [0.717, 1.165) is 0 Å². The van der Waals surface area contributed by atoms with Crippen LogP contribution in [0.2, 0.25) is 0 Å². The summed E-state index contributed by atoms with van der Waals surface area (Å²) in [6, 6.07) is 0. The maximum Gasteiger partial charge on any atom is 0.0451 e.